The van der Waals surface area contributed by atoms with Crippen molar-refractivity contribution < 1.29 is 14.4 Å². The van der Waals surface area contributed by atoms with E-state index in [1.54, 1.807) is 18.4 Å². The number of ether oxygens (including phenoxy) is 1. The van der Waals surface area contributed by atoms with Crippen LogP contribution < -0.4 is 4.74 Å². The van der Waals surface area contributed by atoms with Crippen molar-refractivity contribution in [1.82, 2.24) is 4.90 Å². The van der Waals surface area contributed by atoms with Gasteiger partial charge in [-0.2, -0.15) is 0 Å². The van der Waals surface area contributed by atoms with Crippen molar-refractivity contribution in [2.75, 3.05) is 26.9 Å². The highest BCUT2D eigenvalue weighted by Gasteiger charge is 2.23. The Labute approximate surface area is 118 Å². The molecule has 19 heavy (non-hydrogen) atoms. The molecule has 0 bridgehead atoms. The summed E-state index contributed by atoms with van der Waals surface area (Å²) in [7, 11) is 3.79. The zero-order valence-electron chi connectivity index (χ0n) is 12.2. The smallest absolute Gasteiger partial charge is 0.194 e. The fourth-order valence-corrected chi connectivity index (χ4v) is 2.52. The first-order chi connectivity index (χ1) is 8.82. The van der Waals surface area contributed by atoms with Gasteiger partial charge in [-0.15, -0.1) is 0 Å². The first-order valence-corrected chi connectivity index (χ1v) is 7.84. The molecular weight excluding hydrogens is 262 g/mol. The van der Waals surface area contributed by atoms with E-state index in [1.165, 1.54) is 0 Å². The number of rotatable bonds is 6. The zero-order valence-corrected chi connectivity index (χ0v) is 13.0. The predicted octanol–water partition coefficient (Wildman–Crippen LogP) is 1.81. The summed E-state index contributed by atoms with van der Waals surface area (Å²) in [5.74, 6) is 0.549. The normalized spacial score (nSPS) is 14.8. The lowest BCUT2D eigenvalue weighted by Crippen LogP contribution is -2.21. The van der Waals surface area contributed by atoms with Gasteiger partial charge in [0.1, 0.15) is 6.26 Å². The second-order valence-electron chi connectivity index (χ2n) is 5.07. The summed E-state index contributed by atoms with van der Waals surface area (Å²) < 4.78 is 17.6. The molecule has 1 aromatic carbocycles. The van der Waals surface area contributed by atoms with Gasteiger partial charge in [0, 0.05) is 12.1 Å². The van der Waals surface area contributed by atoms with Crippen LogP contribution in [-0.4, -0.2) is 47.6 Å². The molecule has 0 radical (unpaired) electrons. The molecule has 0 aromatic heterocycles. The Kier molecular flexibility index (Phi) is 6.13. The molecule has 0 fully saturated rings. The van der Waals surface area contributed by atoms with Crippen LogP contribution >= 0.6 is 0 Å². The minimum atomic E-state index is -1.15. The van der Waals surface area contributed by atoms with Gasteiger partial charge in [0.15, 0.2) is 10.6 Å². The summed E-state index contributed by atoms with van der Waals surface area (Å²) in [6, 6.07) is 5.40. The van der Waals surface area contributed by atoms with E-state index in [2.05, 4.69) is 0 Å². The molecule has 0 aliphatic heterocycles. The zero-order chi connectivity index (χ0) is 14.6. The molecule has 0 saturated heterocycles. The van der Waals surface area contributed by atoms with Crippen LogP contribution in [0.2, 0.25) is 0 Å². The lowest BCUT2D eigenvalue weighted by Gasteiger charge is -2.22. The van der Waals surface area contributed by atoms with Gasteiger partial charge in [-0.1, -0.05) is 12.1 Å². The molecule has 108 valence electrons. The quantitative estimate of drug-likeness (QED) is 0.810. The summed E-state index contributed by atoms with van der Waals surface area (Å²) >= 11 is -1.15. The average Bonchev–Trinajstić information content (AvgIpc) is 2.26. The molecule has 0 saturated carbocycles. The Morgan fingerprint density at radius 1 is 1.37 bits per heavy atom. The molecule has 5 heteroatoms. The molecule has 0 spiro atoms. The lowest BCUT2D eigenvalue weighted by molar-refractivity contribution is 0.130. The minimum Gasteiger partial charge on any atom is -0.612 e. The predicted molar refractivity (Wildman–Crippen MR) is 78.1 cm³/mol. The van der Waals surface area contributed by atoms with E-state index in [1.807, 2.05) is 38.9 Å². The topological polar surface area (TPSA) is 55.8 Å². The molecule has 1 aromatic rings. The highest BCUT2D eigenvalue weighted by atomic mass is 32.2. The maximum absolute atomic E-state index is 11.8. The second kappa shape index (κ2) is 7.14. The Morgan fingerprint density at radius 2 is 2.00 bits per heavy atom. The highest BCUT2D eigenvalue weighted by Crippen LogP contribution is 2.33. The van der Waals surface area contributed by atoms with E-state index in [-0.39, 0.29) is 6.10 Å². The number of nitrogens with zero attached hydrogens (tertiary/aromatic N) is 1. The van der Waals surface area contributed by atoms with Crippen molar-refractivity contribution in [2.24, 2.45) is 0 Å². The monoisotopic (exact) mass is 285 g/mol. The van der Waals surface area contributed by atoms with E-state index < -0.39 is 17.3 Å². The van der Waals surface area contributed by atoms with Gasteiger partial charge >= 0.3 is 0 Å². The van der Waals surface area contributed by atoms with E-state index in [9.17, 15) is 9.66 Å². The first-order valence-electron chi connectivity index (χ1n) is 6.28. The van der Waals surface area contributed by atoms with E-state index >= 15 is 0 Å². The summed E-state index contributed by atoms with van der Waals surface area (Å²) in [6.07, 6.45) is 0.923. The van der Waals surface area contributed by atoms with Crippen LogP contribution in [0.3, 0.4) is 0 Å². The third kappa shape index (κ3) is 4.69. The summed E-state index contributed by atoms with van der Waals surface area (Å²) in [4.78, 5) is 2.53. The van der Waals surface area contributed by atoms with E-state index in [0.717, 1.165) is 0 Å². The van der Waals surface area contributed by atoms with E-state index in [4.69, 9.17) is 4.74 Å². The number of aliphatic hydroxyl groups is 1. The minimum absolute atomic E-state index is 0.0324. The summed E-state index contributed by atoms with van der Waals surface area (Å²) in [5.41, 5.74) is 0.690. The molecule has 2 unspecified atom stereocenters. The van der Waals surface area contributed by atoms with Crippen LogP contribution in [-0.2, 0) is 11.2 Å². The fraction of sp³-hybridized carbons (Fsp3) is 0.571. The number of hydrogen-bond acceptors (Lipinski definition) is 4. The Balaban J connectivity index is 3.18. The molecule has 0 aliphatic rings. The van der Waals surface area contributed by atoms with Gasteiger partial charge in [0.25, 0.3) is 0 Å². The lowest BCUT2D eigenvalue weighted by atomic mass is 10.1. The Hall–Kier alpha value is -0.750. The van der Waals surface area contributed by atoms with Crippen LogP contribution in [0.1, 0.15) is 25.5 Å². The molecule has 4 nitrogen and oxygen atoms in total. The molecule has 0 amide bonds. The molecule has 1 rings (SSSR count). The van der Waals surface area contributed by atoms with Crippen LogP contribution in [0.4, 0.5) is 0 Å². The Bertz CT molecular complexity index is 408. The van der Waals surface area contributed by atoms with E-state index in [0.29, 0.717) is 22.8 Å². The SMILES string of the molecule is CC(C)Oc1c(C(O)CN(C)C)cccc1[S+](C)[O-]. The van der Waals surface area contributed by atoms with Gasteiger partial charge in [0.2, 0.25) is 0 Å². The highest BCUT2D eigenvalue weighted by molar-refractivity contribution is 7.90. The van der Waals surface area contributed by atoms with Gasteiger partial charge in [-0.25, -0.2) is 0 Å². The van der Waals surface area contributed by atoms with Gasteiger partial charge < -0.3 is 19.3 Å². The standard InChI is InChI=1S/C14H23NO3S/c1-10(2)18-14-11(12(16)9-15(3)4)7-6-8-13(14)19(5)17/h6-8,10,12,16H,9H2,1-5H3. The number of hydrogen-bond donors (Lipinski definition) is 1. The third-order valence-electron chi connectivity index (χ3n) is 2.57. The molecule has 0 heterocycles. The van der Waals surface area contributed by atoms with Crippen molar-refractivity contribution in [3.63, 3.8) is 0 Å². The third-order valence-corrected chi connectivity index (χ3v) is 3.51. The maximum Gasteiger partial charge on any atom is 0.194 e. The molecular formula is C14H23NO3S. The maximum atomic E-state index is 11.8. The van der Waals surface area contributed by atoms with Crippen LogP contribution in [0.15, 0.2) is 23.1 Å². The van der Waals surface area contributed by atoms with Gasteiger partial charge in [-0.05, 0) is 45.2 Å². The van der Waals surface area contributed by atoms with Crippen molar-refractivity contribution in [1.29, 1.82) is 0 Å². The molecule has 1 N–H and O–H groups in total. The van der Waals surface area contributed by atoms with Crippen molar-refractivity contribution in [2.45, 2.75) is 31.0 Å². The van der Waals surface area contributed by atoms with Crippen molar-refractivity contribution in [3.8, 4) is 5.75 Å². The number of likely N-dealkylation sites (N-methyl/N-ethyl adjacent to an activating group) is 1. The first kappa shape index (κ1) is 16.3. The number of aliphatic hydroxyl groups excluding tert-OH is 1. The second-order valence-corrected chi connectivity index (χ2v) is 6.42. The number of benzene rings is 1. The van der Waals surface area contributed by atoms with Crippen LogP contribution in [0, 0.1) is 0 Å². The Morgan fingerprint density at radius 3 is 2.47 bits per heavy atom. The number of para-hydroxylation sites is 1. The van der Waals surface area contributed by atoms with Crippen molar-refractivity contribution in [3.05, 3.63) is 23.8 Å². The summed E-state index contributed by atoms with van der Waals surface area (Å²) in [6.45, 7) is 4.32. The van der Waals surface area contributed by atoms with Gasteiger partial charge in [-0.3, -0.25) is 0 Å². The fourth-order valence-electron chi connectivity index (χ4n) is 1.83. The average molecular weight is 285 g/mol. The summed E-state index contributed by atoms with van der Waals surface area (Å²) in [5, 5.41) is 10.3. The van der Waals surface area contributed by atoms with Crippen LogP contribution in [0.5, 0.6) is 5.75 Å². The van der Waals surface area contributed by atoms with Crippen LogP contribution in [0.25, 0.3) is 0 Å². The van der Waals surface area contributed by atoms with Crippen molar-refractivity contribution >= 4 is 11.2 Å². The largest absolute Gasteiger partial charge is 0.612 e. The van der Waals surface area contributed by atoms with Gasteiger partial charge in [0.05, 0.1) is 12.2 Å². The molecule has 2 atom stereocenters. The molecule has 0 aliphatic carbocycles.